The number of methoxy groups -OCH3 is 1. The zero-order valence-corrected chi connectivity index (χ0v) is 17.9. The van der Waals surface area contributed by atoms with Crippen LogP contribution in [0.4, 0.5) is 0 Å². The summed E-state index contributed by atoms with van der Waals surface area (Å²) < 4.78 is 4.74. The van der Waals surface area contributed by atoms with E-state index in [-0.39, 0.29) is 41.5 Å². The second kappa shape index (κ2) is 8.20. The van der Waals surface area contributed by atoms with Crippen molar-refractivity contribution in [2.75, 3.05) is 46.4 Å². The lowest BCUT2D eigenvalue weighted by Crippen LogP contribution is -2.48. The van der Waals surface area contributed by atoms with E-state index in [1.54, 1.807) is 12.1 Å². The van der Waals surface area contributed by atoms with Crippen LogP contribution in [0, 0.1) is 23.7 Å². The highest BCUT2D eigenvalue weighted by molar-refractivity contribution is 6.06. The Kier molecular flexibility index (Phi) is 5.40. The van der Waals surface area contributed by atoms with E-state index in [1.807, 2.05) is 12.1 Å². The zero-order chi connectivity index (χ0) is 21.5. The van der Waals surface area contributed by atoms with E-state index in [1.165, 1.54) is 17.6 Å². The van der Waals surface area contributed by atoms with E-state index in [4.69, 9.17) is 4.74 Å². The van der Waals surface area contributed by atoms with Crippen LogP contribution in [0.3, 0.4) is 0 Å². The van der Waals surface area contributed by atoms with E-state index in [0.717, 1.165) is 45.7 Å². The summed E-state index contributed by atoms with van der Waals surface area (Å²) in [6, 6.07) is 7.56. The van der Waals surface area contributed by atoms with Crippen LogP contribution in [0.25, 0.3) is 0 Å². The molecule has 0 unspecified atom stereocenters. The average Bonchev–Trinajstić information content (AvgIpc) is 3.48. The summed E-state index contributed by atoms with van der Waals surface area (Å²) in [5.41, 5.74) is 1.74. The highest BCUT2D eigenvalue weighted by Crippen LogP contribution is 2.52. The number of nitrogens with zero attached hydrogens (tertiary/aromatic N) is 3. The minimum atomic E-state index is -0.317. The largest absolute Gasteiger partial charge is 0.465 e. The predicted octanol–water partition coefficient (Wildman–Crippen LogP) is 1.40. The number of ether oxygens (including phenoxy) is 1. The molecule has 0 radical (unpaired) electrons. The van der Waals surface area contributed by atoms with Crippen LogP contribution in [0.5, 0.6) is 0 Å². The maximum absolute atomic E-state index is 12.8. The first-order valence-electron chi connectivity index (χ1n) is 11.2. The fraction of sp³-hybridized carbons (Fsp3) is 0.542. The Morgan fingerprint density at radius 3 is 2.06 bits per heavy atom. The number of carbonyl (C=O) groups is 3. The molecule has 2 aliphatic carbocycles. The second-order valence-corrected chi connectivity index (χ2v) is 9.13. The molecule has 7 nitrogen and oxygen atoms in total. The van der Waals surface area contributed by atoms with E-state index < -0.39 is 0 Å². The van der Waals surface area contributed by atoms with Crippen LogP contribution < -0.4 is 0 Å². The maximum atomic E-state index is 12.8. The van der Waals surface area contributed by atoms with Crippen molar-refractivity contribution < 1.29 is 19.1 Å². The number of imide groups is 1. The van der Waals surface area contributed by atoms with Gasteiger partial charge in [-0.2, -0.15) is 0 Å². The quantitative estimate of drug-likeness (QED) is 0.391. The molecule has 0 spiro atoms. The molecule has 2 amide bonds. The van der Waals surface area contributed by atoms with Gasteiger partial charge < -0.3 is 4.74 Å². The molecule has 0 aromatic heterocycles. The van der Waals surface area contributed by atoms with Gasteiger partial charge in [-0.3, -0.25) is 24.3 Å². The Labute approximate surface area is 182 Å². The molecule has 1 aromatic carbocycles. The summed E-state index contributed by atoms with van der Waals surface area (Å²) in [4.78, 5) is 43.5. The van der Waals surface area contributed by atoms with Crippen molar-refractivity contribution in [1.29, 1.82) is 0 Å². The van der Waals surface area contributed by atoms with Crippen LogP contribution >= 0.6 is 0 Å². The standard InChI is InChI=1S/C24H29N3O4/c1-31-24(30)17-4-2-16(3-5-17)15-26-10-8-25(9-11-26)12-13-27-22(28)20-18-6-7-19(14-18)21(20)23(27)29/h2-7,18-21H,8-15H2,1H3/t18-,19-,20-,21-/m0/s1. The van der Waals surface area contributed by atoms with Crippen LogP contribution in [0.2, 0.25) is 0 Å². The maximum Gasteiger partial charge on any atom is 0.337 e. The molecule has 3 fully saturated rings. The summed E-state index contributed by atoms with van der Waals surface area (Å²) in [7, 11) is 1.39. The Hall–Kier alpha value is -2.51. The van der Waals surface area contributed by atoms with Crippen LogP contribution in [-0.4, -0.2) is 78.9 Å². The van der Waals surface area contributed by atoms with Crippen molar-refractivity contribution in [3.8, 4) is 0 Å². The summed E-state index contributed by atoms with van der Waals surface area (Å²) in [5.74, 6) is 0.169. The first-order valence-corrected chi connectivity index (χ1v) is 11.2. The SMILES string of the molecule is COC(=O)c1ccc(CN2CCN(CCN3C(=O)[C@@H]4[C@@H](C3=O)[C@H]3C=C[C@H]4C3)CC2)cc1. The Morgan fingerprint density at radius 2 is 1.48 bits per heavy atom. The molecule has 1 aromatic rings. The van der Waals surface area contributed by atoms with Crippen LogP contribution in [0.1, 0.15) is 22.3 Å². The highest BCUT2D eigenvalue weighted by atomic mass is 16.5. The van der Waals surface area contributed by atoms with Crippen molar-refractivity contribution in [1.82, 2.24) is 14.7 Å². The molecule has 4 aliphatic rings. The highest BCUT2D eigenvalue weighted by Gasteiger charge is 2.59. The lowest BCUT2D eigenvalue weighted by Gasteiger charge is -2.35. The number of hydrogen-bond donors (Lipinski definition) is 0. The third-order valence-electron chi connectivity index (χ3n) is 7.45. The zero-order valence-electron chi connectivity index (χ0n) is 17.9. The van der Waals surface area contributed by atoms with Gasteiger partial charge in [0, 0.05) is 45.8 Å². The molecule has 4 atom stereocenters. The number of allylic oxidation sites excluding steroid dienone is 2. The van der Waals surface area contributed by atoms with Gasteiger partial charge in [-0.25, -0.2) is 4.79 Å². The number of amides is 2. The second-order valence-electron chi connectivity index (χ2n) is 9.13. The lowest BCUT2D eigenvalue weighted by molar-refractivity contribution is -0.141. The summed E-state index contributed by atoms with van der Waals surface area (Å²) in [6.45, 7) is 5.85. The first-order chi connectivity index (χ1) is 15.0. The smallest absolute Gasteiger partial charge is 0.337 e. The first kappa shape index (κ1) is 20.4. The monoisotopic (exact) mass is 423 g/mol. The van der Waals surface area contributed by atoms with Gasteiger partial charge in [-0.1, -0.05) is 24.3 Å². The Bertz CT molecular complexity index is 874. The van der Waals surface area contributed by atoms with Crippen molar-refractivity contribution in [3.63, 3.8) is 0 Å². The van der Waals surface area contributed by atoms with Crippen molar-refractivity contribution in [2.45, 2.75) is 13.0 Å². The molecule has 2 saturated heterocycles. The minimum Gasteiger partial charge on any atom is -0.465 e. The van der Waals surface area contributed by atoms with Gasteiger partial charge in [0.25, 0.3) is 0 Å². The molecule has 1 saturated carbocycles. The molecular weight excluding hydrogens is 394 g/mol. The van der Waals surface area contributed by atoms with E-state index >= 15 is 0 Å². The van der Waals surface area contributed by atoms with Crippen molar-refractivity contribution >= 4 is 17.8 Å². The van der Waals surface area contributed by atoms with Crippen molar-refractivity contribution in [2.24, 2.45) is 23.7 Å². The molecule has 2 bridgehead atoms. The number of fused-ring (bicyclic) bond motifs is 5. The van der Waals surface area contributed by atoms with E-state index in [2.05, 4.69) is 22.0 Å². The van der Waals surface area contributed by atoms with Gasteiger partial charge in [0.2, 0.25) is 11.8 Å². The van der Waals surface area contributed by atoms with Gasteiger partial charge in [0.15, 0.2) is 0 Å². The van der Waals surface area contributed by atoms with Gasteiger partial charge in [-0.15, -0.1) is 0 Å². The summed E-state index contributed by atoms with van der Waals surface area (Å²) in [5, 5.41) is 0. The fourth-order valence-electron chi connectivity index (χ4n) is 5.72. The number of likely N-dealkylation sites (tertiary alicyclic amines) is 1. The minimum absolute atomic E-state index is 0.0564. The van der Waals surface area contributed by atoms with E-state index in [9.17, 15) is 14.4 Å². The number of rotatable bonds is 6. The number of esters is 1. The normalized spacial score (nSPS) is 30.3. The summed E-state index contributed by atoms with van der Waals surface area (Å²) >= 11 is 0. The average molecular weight is 424 g/mol. The number of carbonyl (C=O) groups excluding carboxylic acids is 3. The molecule has 5 rings (SSSR count). The van der Waals surface area contributed by atoms with E-state index in [0.29, 0.717) is 12.1 Å². The molecule has 0 N–H and O–H groups in total. The molecule has 7 heteroatoms. The predicted molar refractivity (Wildman–Crippen MR) is 114 cm³/mol. The number of benzene rings is 1. The molecule has 2 aliphatic heterocycles. The van der Waals surface area contributed by atoms with Crippen molar-refractivity contribution in [3.05, 3.63) is 47.5 Å². The van der Waals surface area contributed by atoms with Crippen LogP contribution in [-0.2, 0) is 20.9 Å². The third kappa shape index (κ3) is 3.70. The lowest BCUT2D eigenvalue weighted by atomic mass is 9.85. The Morgan fingerprint density at radius 1 is 0.903 bits per heavy atom. The van der Waals surface area contributed by atoms with Crippen LogP contribution in [0.15, 0.2) is 36.4 Å². The third-order valence-corrected chi connectivity index (χ3v) is 7.45. The number of piperazine rings is 1. The molecule has 31 heavy (non-hydrogen) atoms. The van der Waals surface area contributed by atoms with Gasteiger partial charge >= 0.3 is 5.97 Å². The van der Waals surface area contributed by atoms with Gasteiger partial charge in [-0.05, 0) is 36.0 Å². The topological polar surface area (TPSA) is 70.2 Å². The van der Waals surface area contributed by atoms with Gasteiger partial charge in [0.05, 0.1) is 24.5 Å². The molecule has 2 heterocycles. The Balaban J connectivity index is 1.08. The summed E-state index contributed by atoms with van der Waals surface area (Å²) in [6.07, 6.45) is 5.26. The number of hydrogen-bond acceptors (Lipinski definition) is 6. The molecular formula is C24H29N3O4. The van der Waals surface area contributed by atoms with Gasteiger partial charge in [0.1, 0.15) is 0 Å². The fourth-order valence-corrected chi connectivity index (χ4v) is 5.72. The molecule has 164 valence electrons.